The van der Waals surface area contributed by atoms with Gasteiger partial charge >= 0.3 is 5.97 Å². The second-order valence-corrected chi connectivity index (χ2v) is 4.15. The summed E-state index contributed by atoms with van der Waals surface area (Å²) in [6.07, 6.45) is 1.02. The second-order valence-electron chi connectivity index (χ2n) is 4.15. The number of carboxylic acids is 1. The summed E-state index contributed by atoms with van der Waals surface area (Å²) in [6.45, 7) is 6.61. The highest BCUT2D eigenvalue weighted by atomic mass is 16.5. The Bertz CT molecular complexity index is 385. The molecule has 0 aromatic heterocycles. The van der Waals surface area contributed by atoms with Gasteiger partial charge in [-0.1, -0.05) is 13.0 Å². The van der Waals surface area contributed by atoms with Crippen molar-refractivity contribution in [3.8, 4) is 5.75 Å². The van der Waals surface area contributed by atoms with Gasteiger partial charge in [0.05, 0.1) is 13.0 Å². The number of aliphatic carboxylic acids is 1. The second kappa shape index (κ2) is 6.28. The van der Waals surface area contributed by atoms with E-state index in [0.29, 0.717) is 6.61 Å². The van der Waals surface area contributed by atoms with Crippen molar-refractivity contribution in [3.05, 3.63) is 29.3 Å². The van der Waals surface area contributed by atoms with E-state index in [4.69, 9.17) is 9.84 Å². The molecule has 1 aromatic rings. The van der Waals surface area contributed by atoms with Crippen molar-refractivity contribution in [2.24, 2.45) is 0 Å². The minimum atomic E-state index is -0.745. The Morgan fingerprint density at radius 1 is 1.41 bits per heavy atom. The average molecular weight is 236 g/mol. The molecule has 0 heterocycles. The van der Waals surface area contributed by atoms with E-state index < -0.39 is 5.97 Å². The summed E-state index contributed by atoms with van der Waals surface area (Å²) in [6, 6.07) is 5.87. The van der Waals surface area contributed by atoms with Crippen LogP contribution < -0.4 is 4.74 Å². The van der Waals surface area contributed by atoms with E-state index in [0.717, 1.165) is 23.3 Å². The molecule has 0 saturated carbocycles. The molecule has 1 rings (SSSR count). The van der Waals surface area contributed by atoms with Crippen LogP contribution in [0.2, 0.25) is 0 Å². The van der Waals surface area contributed by atoms with E-state index in [1.54, 1.807) is 0 Å². The van der Waals surface area contributed by atoms with Gasteiger partial charge in [-0.15, -0.1) is 0 Å². The molecule has 0 fully saturated rings. The van der Waals surface area contributed by atoms with Gasteiger partial charge in [-0.05, 0) is 49.4 Å². The molecule has 0 spiro atoms. The first-order chi connectivity index (χ1) is 8.08. The predicted molar refractivity (Wildman–Crippen MR) is 67.6 cm³/mol. The molecule has 0 bridgehead atoms. The maximum absolute atomic E-state index is 10.8. The predicted octanol–water partition coefficient (Wildman–Crippen LogP) is 3.36. The molecule has 17 heavy (non-hydrogen) atoms. The van der Waals surface area contributed by atoms with E-state index >= 15 is 0 Å². The smallest absolute Gasteiger partial charge is 0.303 e. The fraction of sp³-hybridized carbons (Fsp3) is 0.500. The molecular formula is C14H20O3. The van der Waals surface area contributed by atoms with Crippen molar-refractivity contribution in [2.45, 2.75) is 39.5 Å². The molecule has 1 unspecified atom stereocenters. The van der Waals surface area contributed by atoms with Crippen LogP contribution in [0.3, 0.4) is 0 Å². The monoisotopic (exact) mass is 236 g/mol. The number of carboxylic acid groups (broad SMARTS) is 1. The zero-order valence-electron chi connectivity index (χ0n) is 10.7. The van der Waals surface area contributed by atoms with Gasteiger partial charge in [-0.3, -0.25) is 4.79 Å². The van der Waals surface area contributed by atoms with Crippen LogP contribution in [-0.4, -0.2) is 17.7 Å². The maximum atomic E-state index is 10.8. The Balaban J connectivity index is 2.92. The molecule has 0 saturated heterocycles. The third-order valence-electron chi connectivity index (χ3n) is 2.91. The molecule has 1 atom stereocenters. The minimum absolute atomic E-state index is 0.0863. The standard InChI is InChI=1S/C14H20O3/c1-4-11(9-14(15)16)13-7-6-12(17-5-2)8-10(13)3/h6-8,11H,4-5,9H2,1-3H3,(H,15,16). The number of benzene rings is 1. The first kappa shape index (κ1) is 13.6. The summed E-state index contributed by atoms with van der Waals surface area (Å²) in [7, 11) is 0. The van der Waals surface area contributed by atoms with Crippen LogP contribution in [0.4, 0.5) is 0 Å². The van der Waals surface area contributed by atoms with Crippen LogP contribution in [-0.2, 0) is 4.79 Å². The fourth-order valence-electron chi connectivity index (χ4n) is 2.05. The minimum Gasteiger partial charge on any atom is -0.494 e. The molecule has 1 N–H and O–H groups in total. The molecule has 0 aliphatic heterocycles. The van der Waals surface area contributed by atoms with Crippen molar-refractivity contribution >= 4 is 5.97 Å². The van der Waals surface area contributed by atoms with Crippen LogP contribution in [0.15, 0.2) is 18.2 Å². The van der Waals surface area contributed by atoms with Crippen molar-refractivity contribution in [3.63, 3.8) is 0 Å². The van der Waals surface area contributed by atoms with Gasteiger partial charge in [-0.2, -0.15) is 0 Å². The SMILES string of the molecule is CCOc1ccc(C(CC)CC(=O)O)c(C)c1. The summed E-state index contributed by atoms with van der Waals surface area (Å²) >= 11 is 0. The molecule has 94 valence electrons. The molecular weight excluding hydrogens is 216 g/mol. The quantitative estimate of drug-likeness (QED) is 0.823. The molecule has 3 nitrogen and oxygen atoms in total. The average Bonchev–Trinajstić information content (AvgIpc) is 2.27. The van der Waals surface area contributed by atoms with Gasteiger partial charge < -0.3 is 9.84 Å². The lowest BCUT2D eigenvalue weighted by Gasteiger charge is -2.16. The summed E-state index contributed by atoms with van der Waals surface area (Å²) in [5.41, 5.74) is 2.21. The normalized spacial score (nSPS) is 12.2. The number of carbonyl (C=O) groups is 1. The van der Waals surface area contributed by atoms with Gasteiger partial charge in [-0.25, -0.2) is 0 Å². The number of hydrogen-bond acceptors (Lipinski definition) is 2. The van der Waals surface area contributed by atoms with E-state index in [1.807, 2.05) is 39.0 Å². The lowest BCUT2D eigenvalue weighted by atomic mass is 9.90. The molecule has 0 amide bonds. The van der Waals surface area contributed by atoms with Gasteiger partial charge in [0.2, 0.25) is 0 Å². The van der Waals surface area contributed by atoms with Crippen molar-refractivity contribution < 1.29 is 14.6 Å². The maximum Gasteiger partial charge on any atom is 0.303 e. The Hall–Kier alpha value is -1.51. The number of ether oxygens (including phenoxy) is 1. The van der Waals surface area contributed by atoms with E-state index in [-0.39, 0.29) is 12.3 Å². The molecule has 0 aliphatic carbocycles. The Morgan fingerprint density at radius 3 is 2.59 bits per heavy atom. The van der Waals surface area contributed by atoms with Crippen molar-refractivity contribution in [1.82, 2.24) is 0 Å². The van der Waals surface area contributed by atoms with E-state index in [2.05, 4.69) is 0 Å². The zero-order valence-corrected chi connectivity index (χ0v) is 10.7. The molecule has 3 heteroatoms. The van der Waals surface area contributed by atoms with Crippen molar-refractivity contribution in [1.29, 1.82) is 0 Å². The number of hydrogen-bond donors (Lipinski definition) is 1. The topological polar surface area (TPSA) is 46.5 Å². The number of rotatable bonds is 6. The highest BCUT2D eigenvalue weighted by molar-refractivity contribution is 5.68. The molecule has 0 aliphatic rings. The zero-order chi connectivity index (χ0) is 12.8. The number of aryl methyl sites for hydroxylation is 1. The summed E-state index contributed by atoms with van der Waals surface area (Å²) < 4.78 is 5.42. The van der Waals surface area contributed by atoms with E-state index in [9.17, 15) is 4.79 Å². The summed E-state index contributed by atoms with van der Waals surface area (Å²) in [4.78, 5) is 10.8. The van der Waals surface area contributed by atoms with Gasteiger partial charge in [0.1, 0.15) is 5.75 Å². The summed E-state index contributed by atoms with van der Waals surface area (Å²) in [5, 5.41) is 8.88. The Morgan fingerprint density at radius 2 is 2.12 bits per heavy atom. The van der Waals surface area contributed by atoms with Crippen LogP contribution in [0.25, 0.3) is 0 Å². The van der Waals surface area contributed by atoms with Crippen LogP contribution in [0.1, 0.15) is 43.7 Å². The molecule has 0 radical (unpaired) electrons. The first-order valence-corrected chi connectivity index (χ1v) is 6.03. The largest absolute Gasteiger partial charge is 0.494 e. The lowest BCUT2D eigenvalue weighted by Crippen LogP contribution is -2.07. The highest BCUT2D eigenvalue weighted by Crippen LogP contribution is 2.28. The van der Waals surface area contributed by atoms with Crippen LogP contribution in [0, 0.1) is 6.92 Å². The van der Waals surface area contributed by atoms with E-state index in [1.165, 1.54) is 0 Å². The lowest BCUT2D eigenvalue weighted by molar-refractivity contribution is -0.137. The van der Waals surface area contributed by atoms with Gasteiger partial charge in [0.25, 0.3) is 0 Å². The van der Waals surface area contributed by atoms with Gasteiger partial charge in [0.15, 0.2) is 0 Å². The van der Waals surface area contributed by atoms with Crippen molar-refractivity contribution in [2.75, 3.05) is 6.61 Å². The third-order valence-corrected chi connectivity index (χ3v) is 2.91. The Kier molecular flexibility index (Phi) is 5.01. The third kappa shape index (κ3) is 3.77. The first-order valence-electron chi connectivity index (χ1n) is 6.03. The molecule has 1 aromatic carbocycles. The highest BCUT2D eigenvalue weighted by Gasteiger charge is 2.15. The Labute approximate surface area is 102 Å². The fourth-order valence-corrected chi connectivity index (χ4v) is 2.05. The van der Waals surface area contributed by atoms with Crippen LogP contribution >= 0.6 is 0 Å². The van der Waals surface area contributed by atoms with Crippen LogP contribution in [0.5, 0.6) is 5.75 Å². The summed E-state index contributed by atoms with van der Waals surface area (Å²) in [5.74, 6) is 0.187. The van der Waals surface area contributed by atoms with Gasteiger partial charge in [0, 0.05) is 0 Å².